The predicted molar refractivity (Wildman–Crippen MR) is 96.3 cm³/mol. The maximum atomic E-state index is 6.25. The molecule has 1 fully saturated rings. The van der Waals surface area contributed by atoms with Crippen molar-refractivity contribution in [3.63, 3.8) is 0 Å². The first-order valence-electron chi connectivity index (χ1n) is 8.11. The van der Waals surface area contributed by atoms with Crippen LogP contribution in [-0.2, 0) is 0 Å². The molecule has 0 bridgehead atoms. The van der Waals surface area contributed by atoms with E-state index in [9.17, 15) is 0 Å². The number of hydrogen-bond donors (Lipinski definition) is 1. The van der Waals surface area contributed by atoms with Crippen LogP contribution in [0.4, 0.5) is 11.4 Å². The molecule has 0 radical (unpaired) electrons. The summed E-state index contributed by atoms with van der Waals surface area (Å²) in [5.41, 5.74) is 2.43. The van der Waals surface area contributed by atoms with E-state index in [-0.39, 0.29) is 5.44 Å². The topological polar surface area (TPSA) is 27.7 Å². The zero-order valence-electron chi connectivity index (χ0n) is 13.0. The van der Waals surface area contributed by atoms with Crippen LogP contribution in [0, 0.1) is 0 Å². The Hall–Kier alpha value is -1.69. The van der Waals surface area contributed by atoms with Crippen molar-refractivity contribution in [2.24, 2.45) is 0 Å². The van der Waals surface area contributed by atoms with Gasteiger partial charge in [-0.05, 0) is 24.3 Å². The van der Waals surface area contributed by atoms with Crippen molar-refractivity contribution in [3.8, 4) is 5.75 Å². The molecule has 1 saturated heterocycles. The van der Waals surface area contributed by atoms with Crippen LogP contribution in [0.3, 0.4) is 0 Å². The normalized spacial score (nSPS) is 21.6. The Morgan fingerprint density at radius 1 is 1.00 bits per heavy atom. The summed E-state index contributed by atoms with van der Waals surface area (Å²) in [5.74, 6) is 0.968. The minimum absolute atomic E-state index is 0.114. The Balaban J connectivity index is 1.58. The second kappa shape index (κ2) is 6.83. The molecule has 1 unspecified atom stereocenters. The van der Waals surface area contributed by atoms with E-state index in [2.05, 4.69) is 63.1 Å². The molecule has 0 aromatic heterocycles. The van der Waals surface area contributed by atoms with E-state index in [4.69, 9.17) is 4.74 Å². The third kappa shape index (κ3) is 3.32. The van der Waals surface area contributed by atoms with E-state index in [1.165, 1.54) is 5.69 Å². The third-order valence-electron chi connectivity index (χ3n) is 4.17. The maximum absolute atomic E-state index is 6.25. The fraction of sp³-hybridized carbons (Fsp3) is 0.333. The monoisotopic (exact) mass is 327 g/mol. The molecule has 23 heavy (non-hydrogen) atoms. The number of hydrogen-bond acceptors (Lipinski definition) is 5. The SMILES string of the molecule is c1ccc(N2SC(CN3CCNCC3)Oc3ccccc32)cc1. The summed E-state index contributed by atoms with van der Waals surface area (Å²) in [6.45, 7) is 5.26. The van der Waals surface area contributed by atoms with Crippen LogP contribution < -0.4 is 14.4 Å². The molecular formula is C18H21N3OS. The molecular weight excluding hydrogens is 306 g/mol. The number of para-hydroxylation sites is 3. The van der Waals surface area contributed by atoms with Gasteiger partial charge in [0.05, 0.1) is 11.4 Å². The highest BCUT2D eigenvalue weighted by atomic mass is 32.2. The third-order valence-corrected chi connectivity index (χ3v) is 5.27. The number of benzene rings is 2. The van der Waals surface area contributed by atoms with Crippen LogP contribution >= 0.6 is 11.9 Å². The Morgan fingerprint density at radius 2 is 1.74 bits per heavy atom. The molecule has 0 spiro atoms. The standard InChI is InChI=1S/C18H21N3OS/c1-2-6-15(7-3-1)21-16-8-4-5-9-17(16)22-18(23-21)14-20-12-10-19-11-13-20/h1-9,18-19H,10-14H2. The van der Waals surface area contributed by atoms with Gasteiger partial charge in [-0.3, -0.25) is 9.21 Å². The first-order valence-corrected chi connectivity index (χ1v) is 8.94. The lowest BCUT2D eigenvalue weighted by atomic mass is 10.2. The van der Waals surface area contributed by atoms with E-state index < -0.39 is 0 Å². The molecule has 1 N–H and O–H groups in total. The van der Waals surface area contributed by atoms with Gasteiger partial charge in [0, 0.05) is 44.7 Å². The Morgan fingerprint density at radius 3 is 2.57 bits per heavy atom. The van der Waals surface area contributed by atoms with Gasteiger partial charge >= 0.3 is 0 Å². The van der Waals surface area contributed by atoms with Gasteiger partial charge in [-0.25, -0.2) is 0 Å². The second-order valence-electron chi connectivity index (χ2n) is 5.80. The minimum Gasteiger partial charge on any atom is -0.474 e. The molecule has 2 aromatic carbocycles. The summed E-state index contributed by atoms with van der Waals surface area (Å²) in [5, 5.41) is 3.40. The number of fused-ring (bicyclic) bond motifs is 1. The largest absolute Gasteiger partial charge is 0.474 e. The highest BCUT2D eigenvalue weighted by Crippen LogP contribution is 2.45. The summed E-state index contributed by atoms with van der Waals surface area (Å²) in [7, 11) is 0. The highest BCUT2D eigenvalue weighted by Gasteiger charge is 2.29. The number of nitrogens with zero attached hydrogens (tertiary/aromatic N) is 2. The lowest BCUT2D eigenvalue weighted by Crippen LogP contribution is -2.47. The molecule has 2 aliphatic rings. The van der Waals surface area contributed by atoms with Crippen molar-refractivity contribution >= 4 is 23.3 Å². The van der Waals surface area contributed by atoms with Crippen LogP contribution in [0.15, 0.2) is 54.6 Å². The lowest BCUT2D eigenvalue weighted by molar-refractivity contribution is 0.173. The zero-order chi connectivity index (χ0) is 15.5. The Bertz CT molecular complexity index is 646. The van der Waals surface area contributed by atoms with Gasteiger partial charge < -0.3 is 10.1 Å². The zero-order valence-corrected chi connectivity index (χ0v) is 13.8. The van der Waals surface area contributed by atoms with Gasteiger partial charge in [0.2, 0.25) is 0 Å². The van der Waals surface area contributed by atoms with Gasteiger partial charge in [0.25, 0.3) is 0 Å². The molecule has 5 heteroatoms. The lowest BCUT2D eigenvalue weighted by Gasteiger charge is -2.37. The molecule has 2 aromatic rings. The molecule has 0 aliphatic carbocycles. The molecule has 4 nitrogen and oxygen atoms in total. The van der Waals surface area contributed by atoms with Crippen molar-refractivity contribution in [2.45, 2.75) is 5.44 Å². The minimum atomic E-state index is 0.114. The van der Waals surface area contributed by atoms with Gasteiger partial charge in [-0.2, -0.15) is 0 Å². The van der Waals surface area contributed by atoms with Crippen LogP contribution in [0.25, 0.3) is 0 Å². The van der Waals surface area contributed by atoms with Crippen LogP contribution in [0.1, 0.15) is 0 Å². The predicted octanol–water partition coefficient (Wildman–Crippen LogP) is 3.10. The number of nitrogens with one attached hydrogen (secondary N) is 1. The number of ether oxygens (including phenoxy) is 1. The number of rotatable bonds is 3. The molecule has 120 valence electrons. The second-order valence-corrected chi connectivity index (χ2v) is 6.90. The number of anilines is 2. The molecule has 0 amide bonds. The maximum Gasteiger partial charge on any atom is 0.176 e. The van der Waals surface area contributed by atoms with Crippen LogP contribution in [0.5, 0.6) is 5.75 Å². The molecule has 2 aliphatic heterocycles. The number of piperazine rings is 1. The van der Waals surface area contributed by atoms with Crippen molar-refractivity contribution in [1.82, 2.24) is 10.2 Å². The van der Waals surface area contributed by atoms with E-state index >= 15 is 0 Å². The van der Waals surface area contributed by atoms with E-state index in [1.54, 1.807) is 11.9 Å². The fourth-order valence-corrected chi connectivity index (χ4v) is 4.17. The van der Waals surface area contributed by atoms with Crippen LogP contribution in [-0.4, -0.2) is 43.1 Å². The Labute approximate surface area is 141 Å². The average Bonchev–Trinajstić information content (AvgIpc) is 2.63. The molecule has 0 saturated carbocycles. The van der Waals surface area contributed by atoms with Gasteiger partial charge in [0.15, 0.2) is 5.44 Å². The summed E-state index contributed by atoms with van der Waals surface area (Å²) >= 11 is 1.77. The van der Waals surface area contributed by atoms with Gasteiger partial charge in [-0.15, -0.1) is 0 Å². The van der Waals surface area contributed by atoms with Crippen LogP contribution in [0.2, 0.25) is 0 Å². The van der Waals surface area contributed by atoms with Crippen molar-refractivity contribution in [1.29, 1.82) is 0 Å². The van der Waals surface area contributed by atoms with Crippen molar-refractivity contribution < 1.29 is 4.74 Å². The van der Waals surface area contributed by atoms with Gasteiger partial charge in [0.1, 0.15) is 5.75 Å². The van der Waals surface area contributed by atoms with Crippen molar-refractivity contribution in [3.05, 3.63) is 54.6 Å². The van der Waals surface area contributed by atoms with E-state index in [1.807, 2.05) is 6.07 Å². The molecule has 4 rings (SSSR count). The van der Waals surface area contributed by atoms with Gasteiger partial charge in [-0.1, -0.05) is 30.3 Å². The van der Waals surface area contributed by atoms with E-state index in [0.29, 0.717) is 0 Å². The molecule has 2 heterocycles. The van der Waals surface area contributed by atoms with E-state index in [0.717, 1.165) is 44.2 Å². The summed E-state index contributed by atoms with van der Waals surface area (Å²) < 4.78 is 8.54. The molecule has 1 atom stereocenters. The fourth-order valence-electron chi connectivity index (χ4n) is 3.00. The average molecular weight is 327 g/mol. The smallest absolute Gasteiger partial charge is 0.176 e. The first kappa shape index (κ1) is 14.9. The summed E-state index contributed by atoms with van der Waals surface area (Å²) in [6.07, 6.45) is 0. The quantitative estimate of drug-likeness (QED) is 0.875. The van der Waals surface area contributed by atoms with Crippen molar-refractivity contribution in [2.75, 3.05) is 37.0 Å². The first-order chi connectivity index (χ1) is 11.4. The summed E-state index contributed by atoms with van der Waals surface area (Å²) in [4.78, 5) is 2.48. The summed E-state index contributed by atoms with van der Waals surface area (Å²) in [6, 6.07) is 18.8. The Kier molecular flexibility index (Phi) is 4.41. The highest BCUT2D eigenvalue weighted by molar-refractivity contribution is 8.01.